The number of hydrogen-bond acceptors (Lipinski definition) is 2. The Hall–Kier alpha value is -0.330. The van der Waals surface area contributed by atoms with E-state index >= 15 is 0 Å². The second-order valence-electron chi connectivity index (χ2n) is 2.13. The second kappa shape index (κ2) is 6.38. The summed E-state index contributed by atoms with van der Waals surface area (Å²) in [6, 6.07) is 2.02. The quantitative estimate of drug-likeness (QED) is 0.350. The van der Waals surface area contributed by atoms with Crippen molar-refractivity contribution in [3.63, 3.8) is 0 Å². The van der Waals surface area contributed by atoms with E-state index in [2.05, 4.69) is 46.3 Å². The largest absolute Gasteiger partial charge is 0.242 e. The van der Waals surface area contributed by atoms with Gasteiger partial charge >= 0.3 is 0 Å². The molecule has 0 radical (unpaired) electrons. The summed E-state index contributed by atoms with van der Waals surface area (Å²) in [4.78, 5) is 3.72. The van der Waals surface area contributed by atoms with Gasteiger partial charge in [0.25, 0.3) is 0 Å². The van der Waals surface area contributed by atoms with Crippen LogP contribution in [0.1, 0.15) is 13.8 Å². The van der Waals surface area contributed by atoms with Crippen LogP contribution < -0.4 is 0 Å². The third-order valence-electron chi connectivity index (χ3n) is 1.25. The van der Waals surface area contributed by atoms with Crippen molar-refractivity contribution in [1.82, 2.24) is 0 Å². The van der Waals surface area contributed by atoms with Crippen molar-refractivity contribution in [1.29, 1.82) is 5.41 Å². The molecule has 0 aromatic rings. The maximum atomic E-state index is 6.60. The van der Waals surface area contributed by atoms with Crippen molar-refractivity contribution >= 4 is 28.6 Å². The number of aliphatic imine (C=N–C) groups is 1. The zero-order valence-electron chi connectivity index (χ0n) is 6.69. The average molecular weight is 262 g/mol. The SMILES string of the molecule is CC#CC(CN=C=N)C(C)I. The number of alkyl halides is 1. The molecule has 0 heterocycles. The Morgan fingerprint density at radius 3 is 2.64 bits per heavy atom. The van der Waals surface area contributed by atoms with E-state index in [0.717, 1.165) is 0 Å². The molecular formula is C8H11IN2. The van der Waals surface area contributed by atoms with Crippen molar-refractivity contribution in [3.05, 3.63) is 0 Å². The van der Waals surface area contributed by atoms with Crippen molar-refractivity contribution < 1.29 is 0 Å². The molecule has 0 aliphatic rings. The van der Waals surface area contributed by atoms with Crippen LogP contribution >= 0.6 is 22.6 Å². The Kier molecular flexibility index (Phi) is 6.19. The third kappa shape index (κ3) is 5.00. The molecular weight excluding hydrogens is 251 g/mol. The lowest BCUT2D eigenvalue weighted by Crippen LogP contribution is -2.11. The zero-order valence-corrected chi connectivity index (χ0v) is 8.84. The molecule has 0 spiro atoms. The average Bonchev–Trinajstić information content (AvgIpc) is 1.97. The molecule has 2 nitrogen and oxygen atoms in total. The van der Waals surface area contributed by atoms with Gasteiger partial charge in [-0.2, -0.15) is 0 Å². The predicted octanol–water partition coefficient (Wildman–Crippen LogP) is 2.20. The van der Waals surface area contributed by atoms with Gasteiger partial charge in [0.05, 0.1) is 18.5 Å². The van der Waals surface area contributed by atoms with Crippen LogP contribution in [0, 0.1) is 23.2 Å². The highest BCUT2D eigenvalue weighted by Gasteiger charge is 2.09. The van der Waals surface area contributed by atoms with Crippen LogP contribution in [0.5, 0.6) is 0 Å². The van der Waals surface area contributed by atoms with E-state index in [1.807, 2.05) is 12.9 Å². The molecule has 0 fully saturated rings. The fourth-order valence-electron chi connectivity index (χ4n) is 0.635. The summed E-state index contributed by atoms with van der Waals surface area (Å²) in [7, 11) is 0. The van der Waals surface area contributed by atoms with E-state index in [9.17, 15) is 0 Å². The van der Waals surface area contributed by atoms with E-state index in [-0.39, 0.29) is 5.92 Å². The molecule has 0 aliphatic heterocycles. The van der Waals surface area contributed by atoms with Gasteiger partial charge in [0.1, 0.15) is 0 Å². The monoisotopic (exact) mass is 262 g/mol. The molecule has 2 unspecified atom stereocenters. The molecule has 3 heteroatoms. The van der Waals surface area contributed by atoms with Gasteiger partial charge in [-0.05, 0) is 6.92 Å². The summed E-state index contributed by atoms with van der Waals surface area (Å²) in [5, 5.41) is 6.60. The first-order chi connectivity index (χ1) is 5.22. The van der Waals surface area contributed by atoms with Gasteiger partial charge in [-0.3, -0.25) is 0 Å². The summed E-state index contributed by atoms with van der Waals surface area (Å²) in [6.07, 6.45) is 0. The minimum Gasteiger partial charge on any atom is -0.242 e. The minimum absolute atomic E-state index is 0.262. The fourth-order valence-corrected chi connectivity index (χ4v) is 1.04. The standard InChI is InChI=1S/C8H11IN2/c1-3-4-8(7(2)9)5-11-6-10/h7-8,10H,5H2,1-2H3. The van der Waals surface area contributed by atoms with Gasteiger partial charge in [0.15, 0.2) is 0 Å². The van der Waals surface area contributed by atoms with Crippen molar-refractivity contribution in [2.24, 2.45) is 10.9 Å². The highest BCUT2D eigenvalue weighted by molar-refractivity contribution is 14.1. The maximum Gasteiger partial charge on any atom is 0.0862 e. The van der Waals surface area contributed by atoms with Crippen LogP contribution in [0.25, 0.3) is 0 Å². The highest BCUT2D eigenvalue weighted by Crippen LogP contribution is 2.12. The number of nitrogens with one attached hydrogen (secondary N) is 1. The summed E-state index contributed by atoms with van der Waals surface area (Å²) >= 11 is 2.32. The van der Waals surface area contributed by atoms with Crippen LogP contribution in [0.3, 0.4) is 0 Å². The molecule has 0 aliphatic carbocycles. The highest BCUT2D eigenvalue weighted by atomic mass is 127. The molecule has 0 rings (SSSR count). The van der Waals surface area contributed by atoms with Crippen LogP contribution in [0.4, 0.5) is 0 Å². The molecule has 2 atom stereocenters. The number of nitrogens with zero attached hydrogens (tertiary/aromatic N) is 1. The first-order valence-electron chi connectivity index (χ1n) is 3.37. The molecule has 1 N–H and O–H groups in total. The van der Waals surface area contributed by atoms with Crippen LogP contribution in [0.2, 0.25) is 0 Å². The first-order valence-corrected chi connectivity index (χ1v) is 4.61. The molecule has 0 aromatic carbocycles. The Morgan fingerprint density at radius 1 is 1.64 bits per heavy atom. The van der Waals surface area contributed by atoms with Crippen LogP contribution in [-0.4, -0.2) is 16.5 Å². The van der Waals surface area contributed by atoms with Gasteiger partial charge in [-0.25, -0.2) is 10.4 Å². The minimum atomic E-state index is 0.262. The third-order valence-corrected chi connectivity index (χ3v) is 2.12. The maximum absolute atomic E-state index is 6.60. The smallest absolute Gasteiger partial charge is 0.0862 e. The van der Waals surface area contributed by atoms with Gasteiger partial charge in [0, 0.05) is 3.92 Å². The second-order valence-corrected chi connectivity index (χ2v) is 4.10. The number of rotatable bonds is 3. The summed E-state index contributed by atoms with van der Waals surface area (Å²) < 4.78 is 0.470. The fraction of sp³-hybridized carbons (Fsp3) is 0.625. The Balaban J connectivity index is 4.06. The molecule has 0 amide bonds. The normalized spacial score (nSPS) is 13.7. The van der Waals surface area contributed by atoms with E-state index in [1.54, 1.807) is 0 Å². The van der Waals surface area contributed by atoms with Crippen molar-refractivity contribution in [2.75, 3.05) is 6.54 Å². The van der Waals surface area contributed by atoms with Crippen LogP contribution in [0.15, 0.2) is 4.99 Å². The van der Waals surface area contributed by atoms with Gasteiger partial charge in [0.2, 0.25) is 0 Å². The molecule has 60 valence electrons. The first kappa shape index (κ1) is 10.7. The number of hydrogen-bond donors (Lipinski definition) is 1. The topological polar surface area (TPSA) is 36.2 Å². The predicted molar refractivity (Wildman–Crippen MR) is 55.4 cm³/mol. The summed E-state index contributed by atoms with van der Waals surface area (Å²) in [6.45, 7) is 4.50. The van der Waals surface area contributed by atoms with Gasteiger partial charge in [-0.15, -0.1) is 5.92 Å². The Morgan fingerprint density at radius 2 is 2.27 bits per heavy atom. The Labute approximate surface area is 81.1 Å². The van der Waals surface area contributed by atoms with E-state index < -0.39 is 0 Å². The van der Waals surface area contributed by atoms with E-state index in [1.165, 1.54) is 0 Å². The molecule has 0 saturated carbocycles. The summed E-state index contributed by atoms with van der Waals surface area (Å²) in [5.41, 5.74) is 0. The number of halogens is 1. The molecule has 11 heavy (non-hydrogen) atoms. The van der Waals surface area contributed by atoms with Gasteiger partial charge < -0.3 is 0 Å². The summed E-state index contributed by atoms with van der Waals surface area (Å²) in [5.74, 6) is 6.16. The lowest BCUT2D eigenvalue weighted by molar-refractivity contribution is 0.698. The van der Waals surface area contributed by atoms with Gasteiger partial charge in [-0.1, -0.05) is 35.4 Å². The van der Waals surface area contributed by atoms with Crippen LogP contribution in [-0.2, 0) is 0 Å². The molecule has 0 aromatic heterocycles. The van der Waals surface area contributed by atoms with Crippen molar-refractivity contribution in [2.45, 2.75) is 17.8 Å². The molecule has 0 bridgehead atoms. The Bertz CT molecular complexity index is 206. The van der Waals surface area contributed by atoms with Crippen molar-refractivity contribution in [3.8, 4) is 11.8 Å². The molecule has 0 saturated heterocycles. The van der Waals surface area contributed by atoms with E-state index in [0.29, 0.717) is 10.5 Å². The lowest BCUT2D eigenvalue weighted by atomic mass is 10.1. The zero-order chi connectivity index (χ0) is 8.69. The van der Waals surface area contributed by atoms with E-state index in [4.69, 9.17) is 5.41 Å². The lowest BCUT2D eigenvalue weighted by Gasteiger charge is -2.08.